The summed E-state index contributed by atoms with van der Waals surface area (Å²) in [7, 11) is 3.94. The van der Waals surface area contributed by atoms with Gasteiger partial charge in [-0.3, -0.25) is 4.79 Å². The van der Waals surface area contributed by atoms with Gasteiger partial charge in [0, 0.05) is 17.2 Å². The number of Topliss-reactive ketones (excluding diaryl/α,β-unsaturated/α-hetero) is 1. The van der Waals surface area contributed by atoms with Gasteiger partial charge in [-0.15, -0.1) is 0 Å². The monoisotopic (exact) mass is 338 g/mol. The Bertz CT molecular complexity index is 723. The summed E-state index contributed by atoms with van der Waals surface area (Å²) in [5.41, 5.74) is 1.61. The van der Waals surface area contributed by atoms with Gasteiger partial charge >= 0.3 is 5.97 Å². The lowest BCUT2D eigenvalue weighted by atomic mass is 9.94. The Morgan fingerprint density at radius 2 is 1.60 bits per heavy atom. The van der Waals surface area contributed by atoms with Crippen LogP contribution in [0.2, 0.25) is 0 Å². The fourth-order valence-electron chi connectivity index (χ4n) is 2.84. The van der Waals surface area contributed by atoms with Crippen molar-refractivity contribution < 1.29 is 18.8 Å². The van der Waals surface area contributed by atoms with Crippen molar-refractivity contribution in [2.45, 2.75) is 6.04 Å². The first-order valence-corrected chi connectivity index (χ1v) is 8.22. The SMILES string of the molecule is C=CC(=O)OCC[N+](C)(C)C(C(=O)c1ccccc1)c1ccccc1. The molecular formula is C21H24NO3+. The van der Waals surface area contributed by atoms with Gasteiger partial charge in [-0.1, -0.05) is 67.2 Å². The second kappa shape index (κ2) is 8.40. The number of ketones is 1. The van der Waals surface area contributed by atoms with Crippen molar-refractivity contribution in [3.8, 4) is 0 Å². The second-order valence-corrected chi connectivity index (χ2v) is 6.42. The van der Waals surface area contributed by atoms with Crippen LogP contribution in [0.15, 0.2) is 73.3 Å². The van der Waals surface area contributed by atoms with E-state index < -0.39 is 5.97 Å². The Labute approximate surface area is 148 Å². The number of nitrogens with zero attached hydrogens (tertiary/aromatic N) is 1. The Balaban J connectivity index is 2.29. The van der Waals surface area contributed by atoms with E-state index in [4.69, 9.17) is 4.74 Å². The second-order valence-electron chi connectivity index (χ2n) is 6.42. The first-order valence-electron chi connectivity index (χ1n) is 8.22. The molecule has 0 fully saturated rings. The maximum absolute atomic E-state index is 13.2. The summed E-state index contributed by atoms with van der Waals surface area (Å²) in [4.78, 5) is 24.5. The average Bonchev–Trinajstić information content (AvgIpc) is 2.63. The minimum atomic E-state index is -0.453. The molecule has 0 bridgehead atoms. The van der Waals surface area contributed by atoms with Gasteiger partial charge in [0.2, 0.25) is 5.78 Å². The van der Waals surface area contributed by atoms with Crippen LogP contribution in [-0.2, 0) is 9.53 Å². The van der Waals surface area contributed by atoms with Crippen molar-refractivity contribution in [1.29, 1.82) is 0 Å². The average molecular weight is 338 g/mol. The number of carbonyl (C=O) groups is 2. The third-order valence-corrected chi connectivity index (χ3v) is 4.20. The van der Waals surface area contributed by atoms with Gasteiger partial charge < -0.3 is 9.22 Å². The normalized spacial score (nSPS) is 12.2. The molecule has 0 aliphatic rings. The van der Waals surface area contributed by atoms with Crippen molar-refractivity contribution in [3.05, 3.63) is 84.4 Å². The Morgan fingerprint density at radius 1 is 1.04 bits per heavy atom. The first kappa shape index (κ1) is 18.6. The van der Waals surface area contributed by atoms with Gasteiger partial charge in [0.05, 0.1) is 14.1 Å². The van der Waals surface area contributed by atoms with Crippen LogP contribution in [0.1, 0.15) is 22.0 Å². The Hall–Kier alpha value is -2.72. The molecule has 2 rings (SSSR count). The van der Waals surface area contributed by atoms with E-state index in [1.807, 2.05) is 74.8 Å². The third kappa shape index (κ3) is 4.88. The van der Waals surface area contributed by atoms with Crippen LogP contribution in [0.3, 0.4) is 0 Å². The summed E-state index contributed by atoms with van der Waals surface area (Å²) in [5, 5.41) is 0. The molecule has 1 atom stereocenters. The van der Waals surface area contributed by atoms with E-state index in [1.54, 1.807) is 0 Å². The largest absolute Gasteiger partial charge is 0.457 e. The molecule has 0 amide bonds. The van der Waals surface area contributed by atoms with E-state index in [2.05, 4.69) is 6.58 Å². The molecule has 1 unspecified atom stereocenters. The molecule has 0 radical (unpaired) electrons. The van der Waals surface area contributed by atoms with Crippen molar-refractivity contribution in [1.82, 2.24) is 0 Å². The lowest BCUT2D eigenvalue weighted by molar-refractivity contribution is -0.911. The minimum absolute atomic E-state index is 0.0480. The molecule has 2 aromatic rings. The lowest BCUT2D eigenvalue weighted by Gasteiger charge is -2.37. The van der Waals surface area contributed by atoms with Crippen LogP contribution in [0.25, 0.3) is 0 Å². The van der Waals surface area contributed by atoms with Crippen LogP contribution >= 0.6 is 0 Å². The molecule has 0 spiro atoms. The molecule has 0 aliphatic heterocycles. The quantitative estimate of drug-likeness (QED) is 0.321. The standard InChI is InChI=1S/C21H24NO3/c1-4-19(23)25-16-15-22(2,3)20(17-11-7-5-8-12-17)21(24)18-13-9-6-10-14-18/h4-14,20H,1,15-16H2,2-3H3/q+1. The number of benzene rings is 2. The van der Waals surface area contributed by atoms with Gasteiger partial charge in [0.25, 0.3) is 0 Å². The van der Waals surface area contributed by atoms with Crippen molar-refractivity contribution >= 4 is 11.8 Å². The highest BCUT2D eigenvalue weighted by Crippen LogP contribution is 2.29. The first-order chi connectivity index (χ1) is 12.0. The molecule has 0 aromatic heterocycles. The van der Waals surface area contributed by atoms with E-state index in [9.17, 15) is 9.59 Å². The molecule has 0 saturated carbocycles. The van der Waals surface area contributed by atoms with Gasteiger partial charge in [-0.2, -0.15) is 0 Å². The number of esters is 1. The van der Waals surface area contributed by atoms with Crippen molar-refractivity contribution in [3.63, 3.8) is 0 Å². The molecule has 25 heavy (non-hydrogen) atoms. The Kier molecular flexibility index (Phi) is 6.25. The smallest absolute Gasteiger partial charge is 0.330 e. The van der Waals surface area contributed by atoms with Gasteiger partial charge in [0.15, 0.2) is 6.04 Å². The molecule has 0 heterocycles. The van der Waals surface area contributed by atoms with E-state index in [-0.39, 0.29) is 18.4 Å². The number of carbonyl (C=O) groups excluding carboxylic acids is 2. The fourth-order valence-corrected chi connectivity index (χ4v) is 2.84. The lowest BCUT2D eigenvalue weighted by Crippen LogP contribution is -2.48. The highest BCUT2D eigenvalue weighted by molar-refractivity contribution is 5.99. The van der Waals surface area contributed by atoms with Gasteiger partial charge in [0.1, 0.15) is 13.2 Å². The number of likely N-dealkylation sites (N-methyl/N-ethyl adjacent to an activating group) is 1. The molecule has 4 nitrogen and oxygen atoms in total. The van der Waals surface area contributed by atoms with E-state index in [1.165, 1.54) is 0 Å². The van der Waals surface area contributed by atoms with Crippen LogP contribution in [0.5, 0.6) is 0 Å². The zero-order valence-electron chi connectivity index (χ0n) is 14.7. The summed E-state index contributed by atoms with van der Waals surface area (Å²) >= 11 is 0. The zero-order chi connectivity index (χ0) is 18.3. The van der Waals surface area contributed by atoms with Gasteiger partial charge in [-0.25, -0.2) is 4.79 Å². The number of quaternary nitrogens is 1. The van der Waals surface area contributed by atoms with Crippen molar-refractivity contribution in [2.75, 3.05) is 27.2 Å². The predicted molar refractivity (Wildman–Crippen MR) is 98.1 cm³/mol. The summed E-state index contributed by atoms with van der Waals surface area (Å²) < 4.78 is 5.49. The molecule has 130 valence electrons. The van der Waals surface area contributed by atoms with E-state index in [0.29, 0.717) is 16.6 Å². The number of hydrogen-bond acceptors (Lipinski definition) is 3. The van der Waals surface area contributed by atoms with Crippen molar-refractivity contribution in [2.24, 2.45) is 0 Å². The van der Waals surface area contributed by atoms with Crippen LogP contribution in [0, 0.1) is 0 Å². The Morgan fingerprint density at radius 3 is 2.16 bits per heavy atom. The molecule has 0 aliphatic carbocycles. The maximum atomic E-state index is 13.2. The summed E-state index contributed by atoms with van der Waals surface area (Å²) in [5.74, 6) is -0.405. The highest BCUT2D eigenvalue weighted by Gasteiger charge is 2.36. The van der Waals surface area contributed by atoms with Gasteiger partial charge in [-0.05, 0) is 0 Å². The maximum Gasteiger partial charge on any atom is 0.330 e. The summed E-state index contributed by atoms with van der Waals surface area (Å²) in [6.07, 6.45) is 1.14. The summed E-state index contributed by atoms with van der Waals surface area (Å²) in [6.45, 7) is 4.13. The third-order valence-electron chi connectivity index (χ3n) is 4.20. The van der Waals surface area contributed by atoms with E-state index in [0.717, 1.165) is 11.6 Å². The zero-order valence-corrected chi connectivity index (χ0v) is 14.7. The fraction of sp³-hybridized carbons (Fsp3) is 0.238. The highest BCUT2D eigenvalue weighted by atomic mass is 16.5. The van der Waals surface area contributed by atoms with Crippen LogP contribution in [-0.4, -0.2) is 43.5 Å². The molecule has 2 aromatic carbocycles. The number of rotatable bonds is 8. The summed E-state index contributed by atoms with van der Waals surface area (Å²) in [6, 6.07) is 18.6. The van der Waals surface area contributed by atoms with Crippen LogP contribution in [0.4, 0.5) is 0 Å². The topological polar surface area (TPSA) is 43.4 Å². The number of hydrogen-bond donors (Lipinski definition) is 0. The van der Waals surface area contributed by atoms with E-state index >= 15 is 0 Å². The molecular weight excluding hydrogens is 314 g/mol. The molecule has 0 saturated heterocycles. The molecule has 4 heteroatoms. The predicted octanol–water partition coefficient (Wildman–Crippen LogP) is 3.42. The minimum Gasteiger partial charge on any atom is -0.457 e. The number of ether oxygens (including phenoxy) is 1. The molecule has 0 N–H and O–H groups in total. The van der Waals surface area contributed by atoms with Crippen LogP contribution < -0.4 is 0 Å².